The van der Waals surface area contributed by atoms with Gasteiger partial charge in [-0.05, 0) is 12.8 Å². The zero-order valence-electron chi connectivity index (χ0n) is 36.2. The zero-order chi connectivity index (χ0) is 38.3. The molecule has 2 rings (SSSR count). The summed E-state index contributed by atoms with van der Waals surface area (Å²) in [5.74, 6) is 1.38. The minimum Gasteiger partial charge on any atom is -0.487 e. The van der Waals surface area contributed by atoms with Gasteiger partial charge in [-0.15, -0.1) is 11.3 Å². The summed E-state index contributed by atoms with van der Waals surface area (Å²) in [6, 6.07) is 0. The fraction of sp³-hybridized carbons (Fsp3) is 0.918. The van der Waals surface area contributed by atoms with Crippen molar-refractivity contribution in [3.05, 3.63) is 10.8 Å². The van der Waals surface area contributed by atoms with E-state index in [1.807, 2.05) is 0 Å². The van der Waals surface area contributed by atoms with Gasteiger partial charge >= 0.3 is 0 Å². The first-order valence-electron chi connectivity index (χ1n) is 24.1. The molecule has 1 aromatic rings. The Hall–Kier alpha value is -0.780. The Labute approximate surface area is 341 Å². The Morgan fingerprint density at radius 2 is 0.630 bits per heavy atom. The minimum absolute atomic E-state index is 0.291. The van der Waals surface area contributed by atoms with E-state index in [0.29, 0.717) is 37.9 Å². The second-order valence-corrected chi connectivity index (χ2v) is 17.8. The summed E-state index contributed by atoms with van der Waals surface area (Å²) in [6.07, 6.45) is 50.3. The van der Waals surface area contributed by atoms with Crippen molar-refractivity contribution in [3.63, 3.8) is 0 Å². The predicted octanol–water partition coefficient (Wildman–Crippen LogP) is 16.2. The van der Waals surface area contributed by atoms with Gasteiger partial charge in [-0.2, -0.15) is 0 Å². The maximum atomic E-state index is 6.27. The summed E-state index contributed by atoms with van der Waals surface area (Å²) < 4.78 is 24.8. The van der Waals surface area contributed by atoms with Gasteiger partial charge in [0, 0.05) is 13.2 Å². The van der Waals surface area contributed by atoms with E-state index in [4.69, 9.17) is 18.9 Å². The lowest BCUT2D eigenvalue weighted by molar-refractivity contribution is -0.0606. The number of rotatable bonds is 42. The second-order valence-electron chi connectivity index (χ2n) is 17.2. The van der Waals surface area contributed by atoms with Crippen LogP contribution in [0.1, 0.15) is 245 Å². The molecular formula is C49H90O4S. The highest BCUT2D eigenvalue weighted by atomic mass is 32.1. The molecule has 1 aliphatic heterocycles. The number of hydrogen-bond donors (Lipinski definition) is 0. The summed E-state index contributed by atoms with van der Waals surface area (Å²) in [4.78, 5) is 0. The van der Waals surface area contributed by atoms with E-state index in [2.05, 4.69) is 24.6 Å². The molecule has 2 heterocycles. The molecule has 0 saturated carbocycles. The van der Waals surface area contributed by atoms with Crippen molar-refractivity contribution in [1.29, 1.82) is 0 Å². The van der Waals surface area contributed by atoms with Gasteiger partial charge < -0.3 is 18.9 Å². The molecule has 0 spiro atoms. The Morgan fingerprint density at radius 3 is 0.889 bits per heavy atom. The lowest BCUT2D eigenvalue weighted by Gasteiger charge is -2.30. The van der Waals surface area contributed by atoms with Gasteiger partial charge in [0.2, 0.25) is 0 Å². The van der Waals surface area contributed by atoms with Crippen LogP contribution in [0.5, 0.6) is 11.5 Å². The molecule has 2 radical (unpaired) electrons. The Bertz CT molecular complexity index is 818. The molecule has 54 heavy (non-hydrogen) atoms. The van der Waals surface area contributed by atoms with Crippen LogP contribution in [-0.2, 0) is 9.47 Å². The monoisotopic (exact) mass is 775 g/mol. The highest BCUT2D eigenvalue weighted by Crippen LogP contribution is 2.36. The first-order chi connectivity index (χ1) is 26.8. The van der Waals surface area contributed by atoms with Crippen molar-refractivity contribution < 1.29 is 18.9 Å². The molecule has 0 saturated heterocycles. The molecular weight excluding hydrogens is 685 g/mol. The Kier molecular flexibility index (Phi) is 34.5. The number of thiophene rings is 1. The Morgan fingerprint density at radius 1 is 0.389 bits per heavy atom. The SMILES string of the molecule is CCCCCCCCCCCCCCCCCCCCOCC1(COCCCCCCCCCCCCCCCCCCCC)COc2[c]s[c]c2OC1. The van der Waals surface area contributed by atoms with Gasteiger partial charge in [0.05, 0.1) is 29.4 Å². The van der Waals surface area contributed by atoms with Crippen LogP contribution in [0.15, 0.2) is 0 Å². The number of ether oxygens (including phenoxy) is 4. The molecule has 0 atom stereocenters. The molecule has 0 fully saturated rings. The third kappa shape index (κ3) is 28.6. The van der Waals surface area contributed by atoms with Crippen LogP contribution in [0.2, 0.25) is 0 Å². The first kappa shape index (κ1) is 49.4. The lowest BCUT2D eigenvalue weighted by atomic mass is 9.92. The molecule has 316 valence electrons. The molecule has 0 amide bonds. The fourth-order valence-electron chi connectivity index (χ4n) is 7.89. The van der Waals surface area contributed by atoms with Crippen molar-refractivity contribution in [2.45, 2.75) is 245 Å². The normalized spacial score (nSPS) is 13.8. The summed E-state index contributed by atoms with van der Waals surface area (Å²) in [5.41, 5.74) is -0.291. The minimum atomic E-state index is -0.291. The van der Waals surface area contributed by atoms with Crippen molar-refractivity contribution >= 4 is 11.3 Å². The maximum Gasteiger partial charge on any atom is 0.181 e. The van der Waals surface area contributed by atoms with Gasteiger partial charge in [0.15, 0.2) is 11.5 Å². The van der Waals surface area contributed by atoms with Crippen LogP contribution < -0.4 is 9.47 Å². The lowest BCUT2D eigenvalue weighted by Crippen LogP contribution is -2.42. The third-order valence-electron chi connectivity index (χ3n) is 11.6. The van der Waals surface area contributed by atoms with Gasteiger partial charge in [-0.1, -0.05) is 232 Å². The van der Waals surface area contributed by atoms with Gasteiger partial charge in [-0.25, -0.2) is 0 Å². The molecule has 0 N–H and O–H groups in total. The van der Waals surface area contributed by atoms with Crippen molar-refractivity contribution in [2.24, 2.45) is 5.41 Å². The molecule has 0 aliphatic carbocycles. The third-order valence-corrected chi connectivity index (χ3v) is 12.2. The largest absolute Gasteiger partial charge is 0.487 e. The molecule has 5 heteroatoms. The average molecular weight is 775 g/mol. The standard InChI is InChI=1S/C49H90O4S/c1-3-5-7-9-11-13-15-17-19-21-23-25-27-29-31-33-35-37-39-50-43-49(45-52-47-41-54-42-48(47)53-46-49)44-51-40-38-36-34-32-30-28-26-24-22-20-18-16-14-12-10-8-6-4-2/h3-40,43-46H2,1-2H3. The molecule has 1 aromatic heterocycles. The summed E-state index contributed by atoms with van der Waals surface area (Å²) >= 11 is 1.39. The fourth-order valence-corrected chi connectivity index (χ4v) is 8.43. The molecule has 4 nitrogen and oxygen atoms in total. The molecule has 0 aromatic carbocycles. The van der Waals surface area contributed by atoms with Crippen LogP contribution in [0, 0.1) is 16.2 Å². The second kappa shape index (κ2) is 37.8. The van der Waals surface area contributed by atoms with Crippen LogP contribution >= 0.6 is 11.3 Å². The Balaban J connectivity index is 1.41. The van der Waals surface area contributed by atoms with Gasteiger partial charge in [0.1, 0.15) is 13.2 Å². The highest BCUT2D eigenvalue weighted by Gasteiger charge is 2.36. The summed E-state index contributed by atoms with van der Waals surface area (Å²) in [5, 5.41) is 6.31. The maximum absolute atomic E-state index is 6.27. The highest BCUT2D eigenvalue weighted by molar-refractivity contribution is 7.07. The van der Waals surface area contributed by atoms with E-state index < -0.39 is 0 Å². The zero-order valence-corrected chi connectivity index (χ0v) is 37.1. The van der Waals surface area contributed by atoms with Crippen LogP contribution in [0.3, 0.4) is 0 Å². The molecule has 0 unspecified atom stereocenters. The van der Waals surface area contributed by atoms with Crippen LogP contribution in [0.25, 0.3) is 0 Å². The number of hydrogen-bond acceptors (Lipinski definition) is 5. The quantitative estimate of drug-likeness (QED) is 0.0620. The van der Waals surface area contributed by atoms with Gasteiger partial charge in [0.25, 0.3) is 0 Å². The van der Waals surface area contributed by atoms with Crippen molar-refractivity contribution in [2.75, 3.05) is 39.6 Å². The molecule has 1 aliphatic rings. The van der Waals surface area contributed by atoms with E-state index in [-0.39, 0.29) is 5.41 Å². The van der Waals surface area contributed by atoms with E-state index in [1.165, 1.54) is 230 Å². The van der Waals surface area contributed by atoms with E-state index in [0.717, 1.165) is 26.1 Å². The van der Waals surface area contributed by atoms with E-state index >= 15 is 0 Å². The average Bonchev–Trinajstić information content (AvgIpc) is 3.58. The first-order valence-corrected chi connectivity index (χ1v) is 24.9. The van der Waals surface area contributed by atoms with Crippen molar-refractivity contribution in [3.8, 4) is 11.5 Å². The number of fused-ring (bicyclic) bond motifs is 1. The van der Waals surface area contributed by atoms with Crippen molar-refractivity contribution in [1.82, 2.24) is 0 Å². The predicted molar refractivity (Wildman–Crippen MR) is 235 cm³/mol. The summed E-state index contributed by atoms with van der Waals surface area (Å²) in [6.45, 7) is 8.51. The topological polar surface area (TPSA) is 36.9 Å². The van der Waals surface area contributed by atoms with E-state index in [1.54, 1.807) is 0 Å². The number of unbranched alkanes of at least 4 members (excludes halogenated alkanes) is 34. The van der Waals surface area contributed by atoms with Crippen LogP contribution in [-0.4, -0.2) is 39.6 Å². The molecule has 0 bridgehead atoms. The smallest absolute Gasteiger partial charge is 0.181 e. The van der Waals surface area contributed by atoms with Crippen LogP contribution in [0.4, 0.5) is 0 Å². The summed E-state index contributed by atoms with van der Waals surface area (Å²) in [7, 11) is 0. The van der Waals surface area contributed by atoms with Gasteiger partial charge in [-0.3, -0.25) is 0 Å². The van der Waals surface area contributed by atoms with E-state index in [9.17, 15) is 0 Å².